The average molecular weight is 261 g/mol. The Balaban J connectivity index is 2.13. The zero-order chi connectivity index (χ0) is 12.5. The van der Waals surface area contributed by atoms with Crippen LogP contribution in [0.4, 0.5) is 13.2 Å². The maximum absolute atomic E-state index is 11.9. The molecular formula is C9H6F3N3OS. The van der Waals surface area contributed by atoms with Crippen LogP contribution in [-0.2, 0) is 0 Å². The second-order valence-electron chi connectivity index (χ2n) is 3.27. The van der Waals surface area contributed by atoms with Gasteiger partial charge in [0.05, 0.1) is 11.7 Å². The number of nitrogens with zero attached hydrogens (tertiary/aromatic N) is 2. The van der Waals surface area contributed by atoms with Crippen LogP contribution >= 0.6 is 11.7 Å². The number of fused-ring (bicyclic) bond motifs is 1. The summed E-state index contributed by atoms with van der Waals surface area (Å²) in [4.78, 5) is 11.4. The highest BCUT2D eigenvalue weighted by molar-refractivity contribution is 7.00. The predicted octanol–water partition coefficient (Wildman–Crippen LogP) is 1.98. The largest absolute Gasteiger partial charge is 0.405 e. The third-order valence-electron chi connectivity index (χ3n) is 1.97. The zero-order valence-corrected chi connectivity index (χ0v) is 9.10. The Bertz CT molecular complexity index is 552. The lowest BCUT2D eigenvalue weighted by Crippen LogP contribution is -2.33. The molecule has 0 atom stereocenters. The number of hydrogen-bond acceptors (Lipinski definition) is 4. The van der Waals surface area contributed by atoms with Gasteiger partial charge in [-0.25, -0.2) is 0 Å². The van der Waals surface area contributed by atoms with E-state index < -0.39 is 18.6 Å². The summed E-state index contributed by atoms with van der Waals surface area (Å²) in [5, 5.41) is 1.79. The van der Waals surface area contributed by atoms with Crippen molar-refractivity contribution in [1.29, 1.82) is 0 Å². The molecule has 17 heavy (non-hydrogen) atoms. The molecule has 0 spiro atoms. The van der Waals surface area contributed by atoms with Crippen LogP contribution in [0.3, 0.4) is 0 Å². The molecule has 0 saturated carbocycles. The summed E-state index contributed by atoms with van der Waals surface area (Å²) in [6, 6.07) is 4.36. The third-order valence-corrected chi connectivity index (χ3v) is 2.52. The van der Waals surface area contributed by atoms with Gasteiger partial charge in [-0.05, 0) is 18.2 Å². The van der Waals surface area contributed by atoms with E-state index in [2.05, 4.69) is 8.75 Å². The average Bonchev–Trinajstić information content (AvgIpc) is 2.71. The molecule has 4 nitrogen and oxygen atoms in total. The minimum atomic E-state index is -4.41. The number of benzene rings is 1. The van der Waals surface area contributed by atoms with E-state index in [-0.39, 0.29) is 5.56 Å². The van der Waals surface area contributed by atoms with Crippen LogP contribution in [-0.4, -0.2) is 27.4 Å². The molecule has 8 heteroatoms. The topological polar surface area (TPSA) is 54.9 Å². The van der Waals surface area contributed by atoms with Gasteiger partial charge in [0, 0.05) is 5.56 Å². The van der Waals surface area contributed by atoms with E-state index in [0.29, 0.717) is 11.0 Å². The molecule has 1 aromatic heterocycles. The molecule has 0 bridgehead atoms. The maximum Gasteiger partial charge on any atom is 0.405 e. The second kappa shape index (κ2) is 4.28. The van der Waals surface area contributed by atoms with Crippen molar-refractivity contribution in [3.05, 3.63) is 23.8 Å². The summed E-state index contributed by atoms with van der Waals surface area (Å²) in [7, 11) is 0. The smallest absolute Gasteiger partial charge is 0.343 e. The molecule has 1 N–H and O–H groups in total. The van der Waals surface area contributed by atoms with Gasteiger partial charge in [-0.1, -0.05) is 0 Å². The van der Waals surface area contributed by atoms with E-state index in [4.69, 9.17) is 0 Å². The SMILES string of the molecule is O=C(NCC(F)(F)F)c1ccc2nsnc2c1. The van der Waals surface area contributed by atoms with Gasteiger partial charge in [0.25, 0.3) is 5.91 Å². The number of hydrogen-bond donors (Lipinski definition) is 1. The summed E-state index contributed by atoms with van der Waals surface area (Å²) < 4.78 is 43.5. The summed E-state index contributed by atoms with van der Waals surface area (Å²) in [5.41, 5.74) is 1.24. The quantitative estimate of drug-likeness (QED) is 0.899. The molecule has 0 aliphatic carbocycles. The first-order valence-corrected chi connectivity index (χ1v) is 5.26. The van der Waals surface area contributed by atoms with Crippen molar-refractivity contribution >= 4 is 28.7 Å². The Hall–Kier alpha value is -1.70. The van der Waals surface area contributed by atoms with Crippen LogP contribution in [0, 0.1) is 0 Å². The van der Waals surface area contributed by atoms with Gasteiger partial charge in [0.2, 0.25) is 0 Å². The molecule has 2 aromatic rings. The first-order valence-electron chi connectivity index (χ1n) is 4.53. The van der Waals surface area contributed by atoms with E-state index in [1.807, 2.05) is 0 Å². The van der Waals surface area contributed by atoms with E-state index in [1.165, 1.54) is 12.1 Å². The van der Waals surface area contributed by atoms with Gasteiger partial charge >= 0.3 is 6.18 Å². The van der Waals surface area contributed by atoms with Crippen molar-refractivity contribution in [3.8, 4) is 0 Å². The van der Waals surface area contributed by atoms with Crippen molar-refractivity contribution in [1.82, 2.24) is 14.1 Å². The Morgan fingerprint density at radius 3 is 2.71 bits per heavy atom. The first-order chi connectivity index (χ1) is 7.96. The molecule has 0 fully saturated rings. The lowest BCUT2D eigenvalue weighted by Gasteiger charge is -2.07. The Labute approximate surface area is 97.8 Å². The molecule has 0 saturated heterocycles. The number of carbonyl (C=O) groups excluding carboxylic acids is 1. The fourth-order valence-corrected chi connectivity index (χ4v) is 1.72. The fourth-order valence-electron chi connectivity index (χ4n) is 1.21. The molecule has 0 aliphatic rings. The van der Waals surface area contributed by atoms with Crippen molar-refractivity contribution in [2.75, 3.05) is 6.54 Å². The first kappa shape index (κ1) is 11.8. The van der Waals surface area contributed by atoms with Crippen LogP contribution in [0.1, 0.15) is 10.4 Å². The number of alkyl halides is 3. The number of aromatic nitrogens is 2. The highest BCUT2D eigenvalue weighted by Crippen LogP contribution is 2.15. The maximum atomic E-state index is 11.9. The van der Waals surface area contributed by atoms with Crippen LogP contribution in [0.15, 0.2) is 18.2 Å². The van der Waals surface area contributed by atoms with E-state index in [9.17, 15) is 18.0 Å². The summed E-state index contributed by atoms with van der Waals surface area (Å²) in [5.74, 6) is -0.780. The molecule has 1 amide bonds. The predicted molar refractivity (Wildman–Crippen MR) is 55.8 cm³/mol. The second-order valence-corrected chi connectivity index (χ2v) is 3.79. The van der Waals surface area contributed by atoms with E-state index in [0.717, 1.165) is 11.7 Å². The monoisotopic (exact) mass is 261 g/mol. The Kier molecular flexibility index (Phi) is 2.97. The van der Waals surface area contributed by atoms with Crippen LogP contribution < -0.4 is 5.32 Å². The van der Waals surface area contributed by atoms with E-state index >= 15 is 0 Å². The zero-order valence-electron chi connectivity index (χ0n) is 8.28. The fraction of sp³-hybridized carbons (Fsp3) is 0.222. The van der Waals surface area contributed by atoms with Gasteiger partial charge < -0.3 is 5.32 Å². The lowest BCUT2D eigenvalue weighted by molar-refractivity contribution is -0.123. The standard InChI is InChI=1S/C9H6F3N3OS/c10-9(11,12)4-13-8(16)5-1-2-6-7(3-5)15-17-14-6/h1-3H,4H2,(H,13,16). The lowest BCUT2D eigenvalue weighted by atomic mass is 10.2. The number of halogens is 3. The molecule has 0 radical (unpaired) electrons. The molecular weight excluding hydrogens is 255 g/mol. The normalized spacial score (nSPS) is 11.7. The van der Waals surface area contributed by atoms with Crippen LogP contribution in [0.2, 0.25) is 0 Å². The van der Waals surface area contributed by atoms with E-state index in [1.54, 1.807) is 11.4 Å². The number of amides is 1. The highest BCUT2D eigenvalue weighted by atomic mass is 32.1. The Morgan fingerprint density at radius 2 is 2.00 bits per heavy atom. The molecule has 0 aliphatic heterocycles. The van der Waals surface area contributed by atoms with Gasteiger partial charge in [0.1, 0.15) is 17.6 Å². The van der Waals surface area contributed by atoms with Crippen LogP contribution in [0.25, 0.3) is 11.0 Å². The molecule has 90 valence electrons. The molecule has 2 rings (SSSR count). The van der Waals surface area contributed by atoms with Crippen molar-refractivity contribution in [2.24, 2.45) is 0 Å². The highest BCUT2D eigenvalue weighted by Gasteiger charge is 2.27. The summed E-state index contributed by atoms with van der Waals surface area (Å²) >= 11 is 0.979. The molecule has 1 heterocycles. The molecule has 1 aromatic carbocycles. The number of carbonyl (C=O) groups is 1. The van der Waals surface area contributed by atoms with Crippen LogP contribution in [0.5, 0.6) is 0 Å². The van der Waals surface area contributed by atoms with Gasteiger partial charge in [-0.15, -0.1) is 0 Å². The number of rotatable bonds is 2. The van der Waals surface area contributed by atoms with Gasteiger partial charge in [-0.3, -0.25) is 4.79 Å². The van der Waals surface area contributed by atoms with Crippen molar-refractivity contribution in [2.45, 2.75) is 6.18 Å². The molecule has 0 unspecified atom stereocenters. The Morgan fingerprint density at radius 1 is 1.29 bits per heavy atom. The van der Waals surface area contributed by atoms with Crippen molar-refractivity contribution in [3.63, 3.8) is 0 Å². The minimum absolute atomic E-state index is 0.134. The summed E-state index contributed by atoms with van der Waals surface area (Å²) in [6.07, 6.45) is -4.41. The van der Waals surface area contributed by atoms with Gasteiger partial charge in [0.15, 0.2) is 0 Å². The minimum Gasteiger partial charge on any atom is -0.343 e. The summed E-state index contributed by atoms with van der Waals surface area (Å²) in [6.45, 7) is -1.35. The van der Waals surface area contributed by atoms with Crippen molar-refractivity contribution < 1.29 is 18.0 Å². The van der Waals surface area contributed by atoms with Gasteiger partial charge in [-0.2, -0.15) is 21.9 Å². The third kappa shape index (κ3) is 2.90. The number of nitrogens with one attached hydrogen (secondary N) is 1.